The van der Waals surface area contributed by atoms with E-state index in [1.54, 1.807) is 0 Å². The summed E-state index contributed by atoms with van der Waals surface area (Å²) in [5.74, 6) is -0.595. The van der Waals surface area contributed by atoms with Crippen LogP contribution in [0.15, 0.2) is 54.6 Å². The van der Waals surface area contributed by atoms with Gasteiger partial charge in [-0.15, -0.1) is 0 Å². The molecular formula is C20H22N2O3. The third-order valence-electron chi connectivity index (χ3n) is 4.63. The van der Waals surface area contributed by atoms with E-state index in [1.807, 2.05) is 61.5 Å². The summed E-state index contributed by atoms with van der Waals surface area (Å²) >= 11 is 0. The molecule has 0 radical (unpaired) electrons. The number of rotatable bonds is 4. The molecule has 0 spiro atoms. The zero-order valence-electron chi connectivity index (χ0n) is 14.2. The lowest BCUT2D eigenvalue weighted by molar-refractivity contribution is -0.122. The molecule has 25 heavy (non-hydrogen) atoms. The van der Waals surface area contributed by atoms with E-state index in [9.17, 15) is 9.59 Å². The Kier molecular flexibility index (Phi) is 5.03. The summed E-state index contributed by atoms with van der Waals surface area (Å²) in [6.07, 6.45) is 0.194. The van der Waals surface area contributed by atoms with Crippen molar-refractivity contribution in [3.63, 3.8) is 0 Å². The third-order valence-corrected chi connectivity index (χ3v) is 4.63. The molecular weight excluding hydrogens is 316 g/mol. The number of hydrogen-bond acceptors (Lipinski definition) is 3. The summed E-state index contributed by atoms with van der Waals surface area (Å²) in [6.45, 7) is 2.65. The van der Waals surface area contributed by atoms with Crippen LogP contribution in [0.2, 0.25) is 0 Å². The van der Waals surface area contributed by atoms with E-state index in [1.165, 1.54) is 4.90 Å². The number of carbonyl (C=O) groups excluding carboxylic acids is 2. The lowest BCUT2D eigenvalue weighted by Crippen LogP contribution is -2.46. The molecule has 5 heteroatoms. The fraction of sp³-hybridized carbons (Fsp3) is 0.300. The third kappa shape index (κ3) is 3.82. The van der Waals surface area contributed by atoms with Crippen molar-refractivity contribution in [2.75, 3.05) is 6.54 Å². The van der Waals surface area contributed by atoms with Crippen LogP contribution in [0.5, 0.6) is 0 Å². The fourth-order valence-electron chi connectivity index (χ4n) is 3.31. The number of primary amides is 1. The normalized spacial score (nSPS) is 19.6. The van der Waals surface area contributed by atoms with E-state index in [0.29, 0.717) is 13.0 Å². The Morgan fingerprint density at radius 3 is 2.44 bits per heavy atom. The van der Waals surface area contributed by atoms with Crippen molar-refractivity contribution in [2.24, 2.45) is 5.73 Å². The van der Waals surface area contributed by atoms with Crippen molar-refractivity contribution in [2.45, 2.75) is 31.9 Å². The molecule has 1 aliphatic rings. The molecule has 0 aliphatic carbocycles. The number of likely N-dealkylation sites (tertiary alicyclic amines) is 1. The highest BCUT2D eigenvalue weighted by Gasteiger charge is 2.42. The molecule has 0 saturated carbocycles. The van der Waals surface area contributed by atoms with Gasteiger partial charge < -0.3 is 10.5 Å². The van der Waals surface area contributed by atoms with Gasteiger partial charge in [-0.2, -0.15) is 0 Å². The Hall–Kier alpha value is -2.82. The molecule has 5 nitrogen and oxygen atoms in total. The minimum absolute atomic E-state index is 0.0950. The predicted octanol–water partition coefficient (Wildman–Crippen LogP) is 2.98. The van der Waals surface area contributed by atoms with E-state index >= 15 is 0 Å². The average Bonchev–Trinajstić information content (AvgIpc) is 3.06. The van der Waals surface area contributed by atoms with Crippen LogP contribution in [-0.4, -0.2) is 29.5 Å². The highest BCUT2D eigenvalue weighted by molar-refractivity contribution is 5.86. The lowest BCUT2D eigenvalue weighted by Gasteiger charge is -2.25. The maximum Gasteiger partial charge on any atom is 0.410 e. The molecule has 2 amide bonds. The molecule has 1 aliphatic heterocycles. The van der Waals surface area contributed by atoms with Gasteiger partial charge in [0.05, 0.1) is 0 Å². The number of nitrogens with two attached hydrogens (primary N) is 1. The molecule has 2 aromatic carbocycles. The number of amides is 2. The second-order valence-corrected chi connectivity index (χ2v) is 6.39. The van der Waals surface area contributed by atoms with Gasteiger partial charge in [-0.3, -0.25) is 9.69 Å². The van der Waals surface area contributed by atoms with Crippen LogP contribution in [0.3, 0.4) is 0 Å². The van der Waals surface area contributed by atoms with Gasteiger partial charge in [0.25, 0.3) is 0 Å². The number of carbonyl (C=O) groups is 2. The largest absolute Gasteiger partial charge is 0.445 e. The van der Waals surface area contributed by atoms with Crippen LogP contribution in [0.1, 0.15) is 29.0 Å². The molecule has 3 rings (SSSR count). The maximum atomic E-state index is 12.5. The summed E-state index contributed by atoms with van der Waals surface area (Å²) in [5.41, 5.74) is 8.68. The van der Waals surface area contributed by atoms with Crippen LogP contribution >= 0.6 is 0 Å². The monoisotopic (exact) mass is 338 g/mol. The highest BCUT2D eigenvalue weighted by Crippen LogP contribution is 2.34. The number of ether oxygens (including phenoxy) is 1. The van der Waals surface area contributed by atoms with E-state index in [0.717, 1.165) is 16.7 Å². The molecule has 0 unspecified atom stereocenters. The van der Waals surface area contributed by atoms with Crippen LogP contribution in [0.25, 0.3) is 0 Å². The summed E-state index contributed by atoms with van der Waals surface area (Å²) < 4.78 is 5.37. The Bertz CT molecular complexity index is 743. The number of hydrogen-bond donors (Lipinski definition) is 1. The van der Waals surface area contributed by atoms with Crippen molar-refractivity contribution in [3.8, 4) is 0 Å². The summed E-state index contributed by atoms with van der Waals surface area (Å²) in [4.78, 5) is 25.9. The molecule has 0 aromatic heterocycles. The highest BCUT2D eigenvalue weighted by atomic mass is 16.6. The van der Waals surface area contributed by atoms with Crippen LogP contribution in [0.4, 0.5) is 4.79 Å². The second-order valence-electron chi connectivity index (χ2n) is 6.39. The first-order valence-electron chi connectivity index (χ1n) is 8.39. The van der Waals surface area contributed by atoms with E-state index in [2.05, 4.69) is 0 Å². The first kappa shape index (κ1) is 17.0. The predicted molar refractivity (Wildman–Crippen MR) is 94.9 cm³/mol. The molecule has 130 valence electrons. The van der Waals surface area contributed by atoms with Gasteiger partial charge in [0.1, 0.15) is 12.6 Å². The molecule has 1 fully saturated rings. The van der Waals surface area contributed by atoms with Gasteiger partial charge in [-0.25, -0.2) is 4.79 Å². The molecule has 1 saturated heterocycles. The van der Waals surface area contributed by atoms with Gasteiger partial charge in [0, 0.05) is 12.5 Å². The fourth-order valence-corrected chi connectivity index (χ4v) is 3.31. The van der Waals surface area contributed by atoms with E-state index < -0.39 is 18.0 Å². The van der Waals surface area contributed by atoms with Crippen LogP contribution in [-0.2, 0) is 16.1 Å². The Balaban J connectivity index is 1.71. The van der Waals surface area contributed by atoms with Gasteiger partial charge in [-0.1, -0.05) is 60.2 Å². The second kappa shape index (κ2) is 7.38. The zero-order valence-corrected chi connectivity index (χ0v) is 14.2. The SMILES string of the molecule is Cc1ccc([C@@H]2CCN(C(=O)OCc3ccccc3)[C@@H]2C(N)=O)cc1. The van der Waals surface area contributed by atoms with E-state index in [4.69, 9.17) is 10.5 Å². The minimum atomic E-state index is -0.675. The first-order valence-corrected chi connectivity index (χ1v) is 8.39. The molecule has 2 N–H and O–H groups in total. The van der Waals surface area contributed by atoms with Crippen LogP contribution < -0.4 is 5.73 Å². The topological polar surface area (TPSA) is 72.6 Å². The standard InChI is InChI=1S/C20H22N2O3/c1-14-7-9-16(10-8-14)17-11-12-22(18(17)19(21)23)20(24)25-13-15-5-3-2-4-6-15/h2-10,17-18H,11-13H2,1H3,(H2,21,23)/t17-,18-/m0/s1. The van der Waals surface area contributed by atoms with Crippen molar-refractivity contribution in [1.29, 1.82) is 0 Å². The Labute approximate surface area is 147 Å². The van der Waals surface area contributed by atoms with Gasteiger partial charge in [-0.05, 0) is 24.5 Å². The van der Waals surface area contributed by atoms with Crippen LogP contribution in [0, 0.1) is 6.92 Å². The maximum absolute atomic E-state index is 12.5. The molecule has 2 atom stereocenters. The van der Waals surface area contributed by atoms with Crippen molar-refractivity contribution in [1.82, 2.24) is 4.90 Å². The van der Waals surface area contributed by atoms with E-state index in [-0.39, 0.29) is 12.5 Å². The number of nitrogens with zero attached hydrogens (tertiary/aromatic N) is 1. The number of benzene rings is 2. The Morgan fingerprint density at radius 2 is 1.80 bits per heavy atom. The summed E-state index contributed by atoms with van der Waals surface area (Å²) in [6, 6.07) is 16.8. The quantitative estimate of drug-likeness (QED) is 0.931. The summed E-state index contributed by atoms with van der Waals surface area (Å²) in [5, 5.41) is 0. The smallest absolute Gasteiger partial charge is 0.410 e. The van der Waals surface area contributed by atoms with Gasteiger partial charge in [0.15, 0.2) is 0 Å². The molecule has 1 heterocycles. The molecule has 0 bridgehead atoms. The van der Waals surface area contributed by atoms with Gasteiger partial charge >= 0.3 is 6.09 Å². The van der Waals surface area contributed by atoms with Crippen molar-refractivity contribution >= 4 is 12.0 Å². The minimum Gasteiger partial charge on any atom is -0.445 e. The lowest BCUT2D eigenvalue weighted by atomic mass is 9.91. The van der Waals surface area contributed by atoms with Gasteiger partial charge in [0.2, 0.25) is 5.91 Å². The average molecular weight is 338 g/mol. The first-order chi connectivity index (χ1) is 12.1. The summed E-state index contributed by atoms with van der Waals surface area (Å²) in [7, 11) is 0. The van der Waals surface area contributed by atoms with Crippen molar-refractivity contribution < 1.29 is 14.3 Å². The van der Waals surface area contributed by atoms with Crippen molar-refractivity contribution in [3.05, 3.63) is 71.3 Å². The number of aryl methyl sites for hydroxylation is 1. The zero-order chi connectivity index (χ0) is 17.8. The molecule has 2 aromatic rings. The Morgan fingerprint density at radius 1 is 1.12 bits per heavy atom.